The van der Waals surface area contributed by atoms with E-state index in [1.165, 1.54) is 13.8 Å². The normalized spacial score (nSPS) is 38.7. The molecule has 0 unspecified atom stereocenters. The van der Waals surface area contributed by atoms with Gasteiger partial charge < -0.3 is 18.9 Å². The molecule has 0 N–H and O–H groups in total. The molecule has 1 spiro atoms. The first-order valence-corrected chi connectivity index (χ1v) is 11.7. The molecule has 1 aliphatic heterocycles. The summed E-state index contributed by atoms with van der Waals surface area (Å²) in [5, 5.41) is 0. The smallest absolute Gasteiger partial charge is 0.338 e. The lowest BCUT2D eigenvalue weighted by Crippen LogP contribution is -2.73. The summed E-state index contributed by atoms with van der Waals surface area (Å²) in [5.41, 5.74) is -2.05. The van der Waals surface area contributed by atoms with Crippen LogP contribution in [0.4, 0.5) is 0 Å². The van der Waals surface area contributed by atoms with Gasteiger partial charge in [0.1, 0.15) is 23.9 Å². The van der Waals surface area contributed by atoms with Crippen molar-refractivity contribution in [2.75, 3.05) is 0 Å². The number of carbonyl (C=O) groups excluding carboxylic acids is 3. The van der Waals surface area contributed by atoms with Crippen molar-refractivity contribution in [2.24, 2.45) is 17.3 Å². The molecule has 3 fully saturated rings. The molecule has 7 atom stereocenters. The average molecular weight is 459 g/mol. The van der Waals surface area contributed by atoms with Gasteiger partial charge in [0.25, 0.3) is 0 Å². The van der Waals surface area contributed by atoms with Crippen LogP contribution in [0.3, 0.4) is 0 Å². The average Bonchev–Trinajstić information content (AvgIpc) is 2.91. The first-order valence-electron chi connectivity index (χ1n) is 11.7. The van der Waals surface area contributed by atoms with Gasteiger partial charge in [0.05, 0.1) is 16.6 Å². The van der Waals surface area contributed by atoms with E-state index in [-0.39, 0.29) is 17.8 Å². The Kier molecular flexibility index (Phi) is 5.84. The number of esters is 3. The molecular formula is C26H34O7. The van der Waals surface area contributed by atoms with E-state index in [1.54, 1.807) is 24.3 Å². The van der Waals surface area contributed by atoms with Gasteiger partial charge in [-0.15, -0.1) is 0 Å². The summed E-state index contributed by atoms with van der Waals surface area (Å²) < 4.78 is 24.8. The van der Waals surface area contributed by atoms with E-state index < -0.39 is 46.9 Å². The predicted octanol–water partition coefficient (Wildman–Crippen LogP) is 4.08. The Morgan fingerprint density at radius 1 is 0.909 bits per heavy atom. The lowest BCUT2D eigenvalue weighted by atomic mass is 9.49. The summed E-state index contributed by atoms with van der Waals surface area (Å²) in [6.45, 7) is 10.8. The summed E-state index contributed by atoms with van der Waals surface area (Å²) in [6, 6.07) is 8.85. The van der Waals surface area contributed by atoms with Gasteiger partial charge in [0.15, 0.2) is 0 Å². The molecule has 2 aliphatic carbocycles. The van der Waals surface area contributed by atoms with E-state index in [2.05, 4.69) is 6.92 Å². The summed E-state index contributed by atoms with van der Waals surface area (Å²) in [5.74, 6) is -1.40. The Morgan fingerprint density at radius 2 is 1.55 bits per heavy atom. The summed E-state index contributed by atoms with van der Waals surface area (Å²) in [4.78, 5) is 37.4. The van der Waals surface area contributed by atoms with Crippen LogP contribution < -0.4 is 0 Å². The summed E-state index contributed by atoms with van der Waals surface area (Å²) in [7, 11) is 0. The highest BCUT2D eigenvalue weighted by Gasteiger charge is 2.78. The maximum absolute atomic E-state index is 13.1. The molecule has 3 aliphatic rings. The molecule has 1 saturated heterocycles. The highest BCUT2D eigenvalue weighted by Crippen LogP contribution is 2.67. The van der Waals surface area contributed by atoms with Crippen molar-refractivity contribution in [2.45, 2.75) is 90.3 Å². The number of fused-ring (bicyclic) bond motifs is 1. The van der Waals surface area contributed by atoms with Crippen LogP contribution in [0.1, 0.15) is 71.2 Å². The van der Waals surface area contributed by atoms with Gasteiger partial charge in [0.2, 0.25) is 0 Å². The predicted molar refractivity (Wildman–Crippen MR) is 119 cm³/mol. The van der Waals surface area contributed by atoms with Crippen LogP contribution >= 0.6 is 0 Å². The lowest BCUT2D eigenvalue weighted by molar-refractivity contribution is -0.285. The second kappa shape index (κ2) is 8.12. The minimum Gasteiger partial charge on any atom is -0.462 e. The zero-order chi connectivity index (χ0) is 24.2. The fraction of sp³-hybridized carbons (Fsp3) is 0.654. The summed E-state index contributed by atoms with van der Waals surface area (Å²) in [6.07, 6.45) is 0.109. The Bertz CT molecular complexity index is 941. The fourth-order valence-corrected chi connectivity index (χ4v) is 6.74. The van der Waals surface area contributed by atoms with Gasteiger partial charge >= 0.3 is 17.9 Å². The van der Waals surface area contributed by atoms with Gasteiger partial charge in [-0.05, 0) is 58.1 Å². The fourth-order valence-electron chi connectivity index (χ4n) is 6.74. The van der Waals surface area contributed by atoms with Crippen LogP contribution in [0.2, 0.25) is 0 Å². The minimum atomic E-state index is -0.967. The number of ether oxygens (including phenoxy) is 4. The third-order valence-electron chi connectivity index (χ3n) is 8.21. The van der Waals surface area contributed by atoms with E-state index in [4.69, 9.17) is 18.9 Å². The van der Waals surface area contributed by atoms with E-state index >= 15 is 0 Å². The molecule has 2 saturated carbocycles. The molecule has 33 heavy (non-hydrogen) atoms. The molecule has 7 heteroatoms. The first-order chi connectivity index (χ1) is 15.4. The molecule has 0 aromatic heterocycles. The van der Waals surface area contributed by atoms with E-state index in [1.807, 2.05) is 26.8 Å². The highest BCUT2D eigenvalue weighted by atomic mass is 16.6. The van der Waals surface area contributed by atoms with E-state index in [0.717, 1.165) is 6.42 Å². The molecule has 7 nitrogen and oxygen atoms in total. The van der Waals surface area contributed by atoms with Crippen LogP contribution in [0.25, 0.3) is 0 Å². The molecular weight excluding hydrogens is 424 g/mol. The summed E-state index contributed by atoms with van der Waals surface area (Å²) >= 11 is 0. The highest BCUT2D eigenvalue weighted by molar-refractivity contribution is 5.89. The van der Waals surface area contributed by atoms with Crippen LogP contribution in [-0.4, -0.2) is 47.4 Å². The van der Waals surface area contributed by atoms with Crippen LogP contribution in [0.15, 0.2) is 30.3 Å². The van der Waals surface area contributed by atoms with Crippen LogP contribution in [0, 0.1) is 17.3 Å². The van der Waals surface area contributed by atoms with Gasteiger partial charge in [0, 0.05) is 19.8 Å². The Labute approximate surface area is 195 Å². The quantitative estimate of drug-likeness (QED) is 0.496. The topological polar surface area (TPSA) is 88.1 Å². The number of hydrogen-bond donors (Lipinski definition) is 0. The van der Waals surface area contributed by atoms with Crippen molar-refractivity contribution >= 4 is 17.9 Å². The first kappa shape index (κ1) is 23.7. The lowest BCUT2D eigenvalue weighted by Gasteiger charge is -2.61. The number of benzene rings is 1. The standard InChI is InChI=1S/C26H34O7/c1-15-12-13-20(30-16(2)27)25(6)21(32-23(29)18-10-8-7-9-11-18)14-19-22(31-17(3)28)26(15,25)33-24(19,4)5/h7-11,15,19-22H,12-14H2,1-6H3/t15-,19-,20+,21+,22-,25+,26-/m1/s1. The number of carbonyl (C=O) groups is 3. The molecule has 1 aromatic rings. The SMILES string of the molecule is CC(=O)O[C@H]1CC[C@@H](C)[C@]23OC(C)(C)[C@H](C[C@H](OC(=O)c4ccccc4)[C@]12C)[C@H]3OC(C)=O. The number of hydrogen-bond acceptors (Lipinski definition) is 7. The third kappa shape index (κ3) is 3.56. The van der Waals surface area contributed by atoms with Crippen molar-refractivity contribution in [3.05, 3.63) is 35.9 Å². The minimum absolute atomic E-state index is 0.0128. The molecule has 2 bridgehead atoms. The van der Waals surface area contributed by atoms with Crippen LogP contribution in [0.5, 0.6) is 0 Å². The maximum atomic E-state index is 13.1. The largest absolute Gasteiger partial charge is 0.462 e. The second-order valence-electron chi connectivity index (χ2n) is 10.5. The Balaban J connectivity index is 1.84. The van der Waals surface area contributed by atoms with Gasteiger partial charge in [-0.2, -0.15) is 0 Å². The van der Waals surface area contributed by atoms with E-state index in [0.29, 0.717) is 18.4 Å². The molecule has 1 aromatic carbocycles. The third-order valence-corrected chi connectivity index (χ3v) is 8.21. The Morgan fingerprint density at radius 3 is 2.15 bits per heavy atom. The van der Waals surface area contributed by atoms with Crippen molar-refractivity contribution < 1.29 is 33.3 Å². The van der Waals surface area contributed by atoms with Gasteiger partial charge in [-0.3, -0.25) is 9.59 Å². The molecule has 0 radical (unpaired) electrons. The second-order valence-corrected chi connectivity index (χ2v) is 10.5. The zero-order valence-electron chi connectivity index (χ0n) is 20.3. The monoisotopic (exact) mass is 458 g/mol. The maximum Gasteiger partial charge on any atom is 0.338 e. The zero-order valence-corrected chi connectivity index (χ0v) is 20.3. The molecule has 1 heterocycles. The van der Waals surface area contributed by atoms with Crippen molar-refractivity contribution in [3.63, 3.8) is 0 Å². The molecule has 180 valence electrons. The molecule has 4 rings (SSSR count). The Hall–Kier alpha value is -2.41. The van der Waals surface area contributed by atoms with Crippen molar-refractivity contribution in [1.82, 2.24) is 0 Å². The van der Waals surface area contributed by atoms with Crippen LogP contribution in [-0.2, 0) is 28.5 Å². The molecule has 0 amide bonds. The van der Waals surface area contributed by atoms with E-state index in [9.17, 15) is 14.4 Å². The van der Waals surface area contributed by atoms with Gasteiger partial charge in [-0.1, -0.05) is 25.1 Å². The number of rotatable bonds is 4. The van der Waals surface area contributed by atoms with Crippen molar-refractivity contribution in [1.29, 1.82) is 0 Å². The van der Waals surface area contributed by atoms with Crippen molar-refractivity contribution in [3.8, 4) is 0 Å². The van der Waals surface area contributed by atoms with Gasteiger partial charge in [-0.25, -0.2) is 4.79 Å².